The van der Waals surface area contributed by atoms with Crippen molar-refractivity contribution in [2.45, 2.75) is 107 Å². The van der Waals surface area contributed by atoms with E-state index in [0.717, 1.165) is 10.8 Å². The van der Waals surface area contributed by atoms with Gasteiger partial charge in [0.05, 0.1) is 11.8 Å². The predicted molar refractivity (Wildman–Crippen MR) is 178 cm³/mol. The number of benzene rings is 1. The summed E-state index contributed by atoms with van der Waals surface area (Å²) in [7, 11) is -3.86. The fourth-order valence-electron chi connectivity index (χ4n) is 6.68. The summed E-state index contributed by atoms with van der Waals surface area (Å²) in [5.74, 6) is -1.84. The van der Waals surface area contributed by atoms with Crippen LogP contribution in [-0.2, 0) is 33.9 Å². The highest BCUT2D eigenvalue weighted by Gasteiger charge is 2.62. The van der Waals surface area contributed by atoms with Crippen LogP contribution >= 0.6 is 0 Å². The number of aromatic nitrogens is 1. The van der Waals surface area contributed by atoms with Gasteiger partial charge in [-0.25, -0.2) is 18.2 Å². The molecule has 2 aromatic rings. The molecule has 15 heteroatoms. The normalized spacial score (nSPS) is 28.3. The Morgan fingerprint density at radius 1 is 1.06 bits per heavy atom. The highest BCUT2D eigenvalue weighted by molar-refractivity contribution is 7.91. The first-order valence-corrected chi connectivity index (χ1v) is 18.6. The average Bonchev–Trinajstić information content (AvgIpc) is 3.96. The van der Waals surface area contributed by atoms with Crippen molar-refractivity contribution in [2.24, 2.45) is 5.92 Å². The lowest BCUT2D eigenvalue weighted by molar-refractivity contribution is -0.141. The molecule has 2 saturated heterocycles. The summed E-state index contributed by atoms with van der Waals surface area (Å²) >= 11 is 0. The third-order valence-electron chi connectivity index (χ3n) is 9.45. The van der Waals surface area contributed by atoms with Crippen molar-refractivity contribution in [2.75, 3.05) is 19.8 Å². The molecule has 5 atom stereocenters. The molecule has 0 bridgehead atoms. The van der Waals surface area contributed by atoms with Crippen LogP contribution in [0.25, 0.3) is 10.8 Å². The summed E-state index contributed by atoms with van der Waals surface area (Å²) in [5.41, 5.74) is -2.24. The van der Waals surface area contributed by atoms with Crippen LogP contribution in [-0.4, -0.2) is 96.5 Å². The number of hydrogen-bond donors (Lipinski definition) is 3. The largest absolute Gasteiger partial charge is 0.472 e. The monoisotopic (exact) mass is 699 g/mol. The maximum atomic E-state index is 14.3. The zero-order valence-electron chi connectivity index (χ0n) is 28.1. The van der Waals surface area contributed by atoms with E-state index in [2.05, 4.69) is 20.3 Å². The second-order valence-electron chi connectivity index (χ2n) is 14.5. The van der Waals surface area contributed by atoms with Gasteiger partial charge in [-0.3, -0.25) is 19.1 Å². The van der Waals surface area contributed by atoms with Crippen LogP contribution in [0, 0.1) is 5.92 Å². The summed E-state index contributed by atoms with van der Waals surface area (Å²) in [6.45, 7) is 5.70. The molecule has 0 spiro atoms. The molecule has 266 valence electrons. The van der Waals surface area contributed by atoms with Crippen LogP contribution in [0.2, 0.25) is 0 Å². The fourth-order valence-corrected chi connectivity index (χ4v) is 8.04. The third-order valence-corrected chi connectivity index (χ3v) is 11.3. The minimum absolute atomic E-state index is 0.00609. The van der Waals surface area contributed by atoms with E-state index in [1.807, 2.05) is 30.3 Å². The fraction of sp³-hybridized carbons (Fsp3) is 0.618. The first-order valence-electron chi connectivity index (χ1n) is 17.0. The Morgan fingerprint density at radius 3 is 2.59 bits per heavy atom. The Morgan fingerprint density at radius 2 is 1.84 bits per heavy atom. The van der Waals surface area contributed by atoms with E-state index in [9.17, 15) is 27.6 Å². The number of pyridine rings is 1. The molecule has 4 fully saturated rings. The minimum Gasteiger partial charge on any atom is -0.472 e. The lowest BCUT2D eigenvalue weighted by Gasteiger charge is -2.30. The van der Waals surface area contributed by atoms with E-state index < -0.39 is 68.4 Å². The lowest BCUT2D eigenvalue weighted by atomic mass is 10.1. The summed E-state index contributed by atoms with van der Waals surface area (Å²) in [6, 6.07) is 7.24. The molecule has 0 radical (unpaired) electrons. The summed E-state index contributed by atoms with van der Waals surface area (Å²) < 4.78 is 45.3. The Labute approximate surface area is 286 Å². The van der Waals surface area contributed by atoms with Gasteiger partial charge in [-0.2, -0.15) is 0 Å². The molecule has 4 aliphatic rings. The number of fused-ring (bicyclic) bond motifs is 3. The van der Waals surface area contributed by atoms with Gasteiger partial charge in [0, 0.05) is 37.6 Å². The standard InChI is InChI=1S/C34H45N5O9S/c1-33(2,3)48-32(43)36-26-14-17-46-16-7-6-9-22-19-34(22,31(42)38-49(44,45)24-11-12-24)37-28(40)27-18-23(20-39(27)30(26)41)47-29-25-10-5-4-8-21(25)13-15-35-29/h4-5,8,10,13,15,22-24,26-27H,6-7,9,11-12,14,16-20H2,1-3H3,(H,36,43)(H,37,40)(H,38,42)/t22-,23-,26+,27+,34-/m1/s1. The molecule has 4 amide bonds. The molecule has 3 heterocycles. The predicted octanol–water partition coefficient (Wildman–Crippen LogP) is 2.55. The smallest absolute Gasteiger partial charge is 0.408 e. The zero-order valence-corrected chi connectivity index (χ0v) is 28.9. The Bertz CT molecular complexity index is 1700. The molecule has 14 nitrogen and oxygen atoms in total. The molecule has 2 aliphatic heterocycles. The first-order chi connectivity index (χ1) is 23.3. The highest BCUT2D eigenvalue weighted by atomic mass is 32.2. The van der Waals surface area contributed by atoms with Crippen LogP contribution < -0.4 is 20.1 Å². The van der Waals surface area contributed by atoms with Crippen molar-refractivity contribution in [1.29, 1.82) is 0 Å². The van der Waals surface area contributed by atoms with E-state index in [1.165, 1.54) is 4.90 Å². The lowest BCUT2D eigenvalue weighted by Crippen LogP contribution is -2.58. The van der Waals surface area contributed by atoms with E-state index >= 15 is 0 Å². The quantitative estimate of drug-likeness (QED) is 0.405. The number of hydrogen-bond acceptors (Lipinski definition) is 10. The van der Waals surface area contributed by atoms with Gasteiger partial charge in [0.25, 0.3) is 5.91 Å². The molecule has 1 aromatic carbocycles. The Kier molecular flexibility index (Phi) is 9.77. The van der Waals surface area contributed by atoms with Crippen LogP contribution in [0.15, 0.2) is 36.5 Å². The second-order valence-corrected chi connectivity index (χ2v) is 16.4. The number of sulfonamides is 1. The first kappa shape index (κ1) is 34.9. The van der Waals surface area contributed by atoms with Crippen molar-refractivity contribution in [3.63, 3.8) is 0 Å². The average molecular weight is 700 g/mol. The number of alkyl carbamates (subject to hydrolysis) is 1. The van der Waals surface area contributed by atoms with Gasteiger partial charge in [0.15, 0.2) is 0 Å². The number of ether oxygens (including phenoxy) is 3. The topological polar surface area (TPSA) is 182 Å². The molecule has 49 heavy (non-hydrogen) atoms. The molecule has 2 aliphatic carbocycles. The van der Waals surface area contributed by atoms with E-state index in [1.54, 1.807) is 27.0 Å². The maximum Gasteiger partial charge on any atom is 0.408 e. The minimum atomic E-state index is -3.86. The number of rotatable bonds is 6. The van der Waals surface area contributed by atoms with Crippen LogP contribution in [0.3, 0.4) is 0 Å². The third kappa shape index (κ3) is 8.09. The van der Waals surface area contributed by atoms with Gasteiger partial charge in [-0.05, 0) is 76.3 Å². The Balaban J connectivity index is 1.29. The van der Waals surface area contributed by atoms with E-state index in [4.69, 9.17) is 14.2 Å². The van der Waals surface area contributed by atoms with Gasteiger partial charge in [-0.1, -0.05) is 24.6 Å². The van der Waals surface area contributed by atoms with Crippen LogP contribution in [0.4, 0.5) is 4.79 Å². The number of carbonyl (C=O) groups excluding carboxylic acids is 4. The second kappa shape index (κ2) is 13.7. The molecule has 0 unspecified atom stereocenters. The molecule has 3 N–H and O–H groups in total. The van der Waals surface area contributed by atoms with Gasteiger partial charge >= 0.3 is 6.09 Å². The van der Waals surface area contributed by atoms with Crippen molar-refractivity contribution >= 4 is 44.6 Å². The summed E-state index contributed by atoms with van der Waals surface area (Å²) in [5, 5.41) is 6.62. The molecular weight excluding hydrogens is 654 g/mol. The summed E-state index contributed by atoms with van der Waals surface area (Å²) in [6.07, 6.45) is 3.54. The SMILES string of the molecule is CC(C)(C)OC(=O)N[C@H]1CCOCCCC[C@@H]2C[C@@]2(C(=O)NS(=O)(=O)C2CC2)NC(=O)[C@@H]2C[C@@H](Oc3nccc4ccccc34)CN2C1=O. The highest BCUT2D eigenvalue weighted by Crippen LogP contribution is 2.48. The molecular formula is C34H45N5O9S. The van der Waals surface area contributed by atoms with Crippen LogP contribution in [0.5, 0.6) is 5.88 Å². The number of amides is 4. The Hall–Kier alpha value is -3.98. The van der Waals surface area contributed by atoms with E-state index in [-0.39, 0.29) is 38.3 Å². The molecule has 6 rings (SSSR count). The van der Waals surface area contributed by atoms with Crippen molar-refractivity contribution < 1.29 is 41.8 Å². The van der Waals surface area contributed by atoms with Gasteiger partial charge in [0.2, 0.25) is 27.7 Å². The van der Waals surface area contributed by atoms with Crippen molar-refractivity contribution in [3.05, 3.63) is 36.5 Å². The zero-order chi connectivity index (χ0) is 35.0. The van der Waals surface area contributed by atoms with Gasteiger partial charge in [-0.15, -0.1) is 0 Å². The maximum absolute atomic E-state index is 14.3. The molecule has 2 saturated carbocycles. The van der Waals surface area contributed by atoms with E-state index in [0.29, 0.717) is 44.6 Å². The van der Waals surface area contributed by atoms with Crippen molar-refractivity contribution in [3.8, 4) is 5.88 Å². The number of nitrogens with zero attached hydrogens (tertiary/aromatic N) is 2. The van der Waals surface area contributed by atoms with Crippen LogP contribution in [0.1, 0.15) is 72.1 Å². The number of nitrogens with one attached hydrogen (secondary N) is 3. The van der Waals surface area contributed by atoms with Gasteiger partial charge < -0.3 is 29.7 Å². The van der Waals surface area contributed by atoms with Gasteiger partial charge in [0.1, 0.15) is 29.3 Å². The number of carbonyl (C=O) groups is 4. The molecule has 1 aromatic heterocycles. The summed E-state index contributed by atoms with van der Waals surface area (Å²) in [4.78, 5) is 60.8. The van der Waals surface area contributed by atoms with Crippen molar-refractivity contribution in [1.82, 2.24) is 25.2 Å².